The van der Waals surface area contributed by atoms with Gasteiger partial charge in [0.1, 0.15) is 36.6 Å². The molecule has 2 aromatic rings. The number of hydrogen-bond acceptors (Lipinski definition) is 16. The van der Waals surface area contributed by atoms with Crippen molar-refractivity contribution in [3.8, 4) is 0 Å². The molecule has 1 N–H and O–H groups in total. The zero-order chi connectivity index (χ0) is 36.8. The monoisotopic (exact) mass is 701 g/mol. The normalized spacial score (nSPS) is 33.6. The van der Waals surface area contributed by atoms with Crippen molar-refractivity contribution >= 4 is 35.8 Å². The molecule has 3 heterocycles. The lowest BCUT2D eigenvalue weighted by Crippen LogP contribution is -2.85. The van der Waals surface area contributed by atoms with E-state index in [1.165, 1.54) is 43.8 Å². The number of esters is 6. The first-order valence-corrected chi connectivity index (χ1v) is 15.8. The summed E-state index contributed by atoms with van der Waals surface area (Å²) in [5.41, 5.74) is -8.41. The van der Waals surface area contributed by atoms with Crippen molar-refractivity contribution < 1.29 is 71.4 Å². The highest BCUT2D eigenvalue weighted by molar-refractivity contribution is 5.89. The number of rotatable bonds is 9. The molecule has 9 unspecified atom stereocenters. The van der Waals surface area contributed by atoms with E-state index in [4.69, 9.17) is 37.6 Å². The SMILES string of the molecule is CC(=O)OC1CC(C)(O)C23OC(C)(C)C(C(OC(C)=O)C(OC(=O)c4ccoc4)C2(COC(=O)c2cccnc2)C1OC(C)=O)C3OC(C)=O. The van der Waals surface area contributed by atoms with Gasteiger partial charge in [0.15, 0.2) is 17.8 Å². The van der Waals surface area contributed by atoms with Crippen molar-refractivity contribution in [2.75, 3.05) is 6.61 Å². The van der Waals surface area contributed by atoms with Crippen LogP contribution in [0.5, 0.6) is 0 Å². The lowest BCUT2D eigenvalue weighted by Gasteiger charge is -2.66. The van der Waals surface area contributed by atoms with Gasteiger partial charge in [0, 0.05) is 46.5 Å². The third kappa shape index (κ3) is 5.99. The lowest BCUT2D eigenvalue weighted by atomic mass is 9.45. The highest BCUT2D eigenvalue weighted by Gasteiger charge is 2.89. The van der Waals surface area contributed by atoms with E-state index >= 15 is 0 Å². The number of ether oxygens (including phenoxy) is 7. The van der Waals surface area contributed by atoms with Crippen molar-refractivity contribution in [3.63, 3.8) is 0 Å². The Kier molecular flexibility index (Phi) is 9.57. The molecule has 0 radical (unpaired) electrons. The second kappa shape index (κ2) is 13.1. The zero-order valence-corrected chi connectivity index (χ0v) is 28.5. The number of nitrogens with zero attached hydrogens (tertiary/aromatic N) is 1. The maximum absolute atomic E-state index is 13.9. The highest BCUT2D eigenvalue weighted by atomic mass is 16.7. The number of pyridine rings is 1. The topological polar surface area (TPSA) is 213 Å². The Bertz CT molecular complexity index is 1650. The molecule has 0 amide bonds. The summed E-state index contributed by atoms with van der Waals surface area (Å²) >= 11 is 0. The molecule has 5 rings (SSSR count). The van der Waals surface area contributed by atoms with Crippen LogP contribution >= 0.6 is 0 Å². The van der Waals surface area contributed by atoms with Gasteiger partial charge in [-0.3, -0.25) is 24.2 Å². The third-order valence-corrected chi connectivity index (χ3v) is 9.58. The molecule has 1 aliphatic heterocycles. The molecule has 3 fully saturated rings. The number of hydrogen-bond donors (Lipinski definition) is 1. The van der Waals surface area contributed by atoms with Gasteiger partial charge in [-0.15, -0.1) is 0 Å². The zero-order valence-electron chi connectivity index (χ0n) is 28.5. The summed E-state index contributed by atoms with van der Waals surface area (Å²) in [6, 6.07) is 4.20. The van der Waals surface area contributed by atoms with Gasteiger partial charge in [0.05, 0.1) is 34.5 Å². The second-order valence-electron chi connectivity index (χ2n) is 13.4. The number of furan rings is 1. The van der Waals surface area contributed by atoms with Crippen molar-refractivity contribution in [2.24, 2.45) is 11.3 Å². The summed E-state index contributed by atoms with van der Waals surface area (Å²) < 4.78 is 47.5. The molecule has 2 aromatic heterocycles. The highest BCUT2D eigenvalue weighted by Crippen LogP contribution is 2.69. The molecule has 16 nitrogen and oxygen atoms in total. The largest absolute Gasteiger partial charge is 0.472 e. The van der Waals surface area contributed by atoms with Gasteiger partial charge in [-0.25, -0.2) is 9.59 Å². The summed E-state index contributed by atoms with van der Waals surface area (Å²) in [4.78, 5) is 82.7. The summed E-state index contributed by atoms with van der Waals surface area (Å²) in [5, 5.41) is 12.7. The fourth-order valence-corrected chi connectivity index (χ4v) is 8.15. The molecule has 3 aliphatic rings. The van der Waals surface area contributed by atoms with Crippen LogP contribution in [-0.2, 0) is 52.3 Å². The number of aromatic nitrogens is 1. The fourth-order valence-electron chi connectivity index (χ4n) is 8.15. The van der Waals surface area contributed by atoms with Crippen molar-refractivity contribution in [3.05, 3.63) is 54.2 Å². The van der Waals surface area contributed by atoms with Gasteiger partial charge in [0.2, 0.25) is 0 Å². The number of aliphatic hydroxyl groups is 1. The quantitative estimate of drug-likeness (QED) is 0.293. The Morgan fingerprint density at radius 2 is 1.46 bits per heavy atom. The lowest BCUT2D eigenvalue weighted by molar-refractivity contribution is -0.362. The standard InChI is InChI=1S/C34H39NO15/c1-17(36)45-23-13-32(7,42)34-27(48-20(4)39)24(31(5,6)50-34)25(46-18(2)37)28(49-30(41)22-10-12-43-15-22)33(34,26(23)47-19(3)38)16-44-29(40)21-9-8-11-35-14-21/h8-12,14-15,23-28,42H,13,16H2,1-7H3. The van der Waals surface area contributed by atoms with Crippen molar-refractivity contribution in [1.82, 2.24) is 4.98 Å². The van der Waals surface area contributed by atoms with Gasteiger partial charge < -0.3 is 42.7 Å². The van der Waals surface area contributed by atoms with Gasteiger partial charge in [-0.1, -0.05) is 0 Å². The molecular formula is C34H39NO15. The first kappa shape index (κ1) is 36.5. The summed E-state index contributed by atoms with van der Waals surface area (Å²) in [5.74, 6) is -6.59. The first-order valence-electron chi connectivity index (χ1n) is 15.8. The molecular weight excluding hydrogens is 662 g/mol. The summed E-state index contributed by atoms with van der Waals surface area (Å²) in [7, 11) is 0. The second-order valence-corrected chi connectivity index (χ2v) is 13.4. The van der Waals surface area contributed by atoms with Crippen LogP contribution in [0.15, 0.2) is 47.5 Å². The van der Waals surface area contributed by atoms with Crippen LogP contribution in [0.25, 0.3) is 0 Å². The van der Waals surface area contributed by atoms with Crippen molar-refractivity contribution in [1.29, 1.82) is 0 Å². The van der Waals surface area contributed by atoms with E-state index in [9.17, 15) is 33.9 Å². The summed E-state index contributed by atoms with van der Waals surface area (Å²) in [6.07, 6.45) is -3.72. The van der Waals surface area contributed by atoms with E-state index in [1.54, 1.807) is 13.8 Å². The van der Waals surface area contributed by atoms with Crippen LogP contribution in [0.2, 0.25) is 0 Å². The molecule has 50 heavy (non-hydrogen) atoms. The number of fused-ring (bicyclic) bond motifs is 1. The van der Waals surface area contributed by atoms with Gasteiger partial charge in [0.25, 0.3) is 0 Å². The van der Waals surface area contributed by atoms with Gasteiger partial charge in [-0.05, 0) is 39.0 Å². The minimum Gasteiger partial charge on any atom is -0.472 e. The number of carbonyl (C=O) groups is 6. The summed E-state index contributed by atoms with van der Waals surface area (Å²) in [6.45, 7) is 7.94. The molecule has 0 aromatic carbocycles. The minimum atomic E-state index is -2.36. The van der Waals surface area contributed by atoms with Crippen LogP contribution in [0.3, 0.4) is 0 Å². The Morgan fingerprint density at radius 1 is 0.820 bits per heavy atom. The maximum Gasteiger partial charge on any atom is 0.341 e. The van der Waals surface area contributed by atoms with Crippen molar-refractivity contribution in [2.45, 2.75) is 102 Å². The third-order valence-electron chi connectivity index (χ3n) is 9.58. The van der Waals surface area contributed by atoms with Crippen LogP contribution < -0.4 is 0 Å². The first-order chi connectivity index (χ1) is 23.4. The Balaban J connectivity index is 1.89. The van der Waals surface area contributed by atoms with E-state index in [1.807, 2.05) is 0 Å². The smallest absolute Gasteiger partial charge is 0.341 e. The minimum absolute atomic E-state index is 0.0116. The fraction of sp³-hybridized carbons (Fsp3) is 0.559. The molecule has 2 saturated carbocycles. The maximum atomic E-state index is 13.9. The average molecular weight is 702 g/mol. The van der Waals surface area contributed by atoms with Crippen LogP contribution in [0.1, 0.15) is 75.6 Å². The van der Waals surface area contributed by atoms with E-state index < -0.39 is 107 Å². The Morgan fingerprint density at radius 3 is 2.02 bits per heavy atom. The Labute approximate surface area is 286 Å². The van der Waals surface area contributed by atoms with Crippen LogP contribution in [-0.4, -0.2) is 99.8 Å². The molecule has 9 atom stereocenters. The van der Waals surface area contributed by atoms with Gasteiger partial charge in [-0.2, -0.15) is 0 Å². The van der Waals surface area contributed by atoms with E-state index in [-0.39, 0.29) is 11.1 Å². The molecule has 2 aliphatic carbocycles. The molecule has 1 saturated heterocycles. The van der Waals surface area contributed by atoms with Gasteiger partial charge >= 0.3 is 35.8 Å². The van der Waals surface area contributed by atoms with Crippen LogP contribution in [0, 0.1) is 11.3 Å². The predicted octanol–water partition coefficient (Wildman–Crippen LogP) is 2.10. The molecule has 16 heteroatoms. The van der Waals surface area contributed by atoms with E-state index in [2.05, 4.69) is 4.98 Å². The van der Waals surface area contributed by atoms with E-state index in [0.717, 1.165) is 34.0 Å². The molecule has 2 bridgehead atoms. The Hall–Kier alpha value is -4.83. The van der Waals surface area contributed by atoms with Crippen LogP contribution in [0.4, 0.5) is 0 Å². The van der Waals surface area contributed by atoms with E-state index in [0.29, 0.717) is 0 Å². The average Bonchev–Trinajstić information content (AvgIpc) is 3.61. The molecule has 270 valence electrons. The number of carbonyl (C=O) groups excluding carboxylic acids is 6. The molecule has 1 spiro atoms. The predicted molar refractivity (Wildman–Crippen MR) is 164 cm³/mol.